The molecule has 0 fully saturated rings. The number of benzene rings is 2. The van der Waals surface area contributed by atoms with Crippen molar-refractivity contribution in [2.45, 2.75) is 6.42 Å². The molecule has 0 heterocycles. The molecule has 2 aromatic carbocycles. The van der Waals surface area contributed by atoms with Crippen molar-refractivity contribution in [2.24, 2.45) is 5.10 Å². The number of anilines is 1. The van der Waals surface area contributed by atoms with Crippen molar-refractivity contribution >= 4 is 46.3 Å². The van der Waals surface area contributed by atoms with Crippen molar-refractivity contribution in [3.8, 4) is 11.5 Å². The third-order valence-electron chi connectivity index (χ3n) is 3.33. The number of nitrogens with zero attached hydrogens (tertiary/aromatic N) is 1. The van der Waals surface area contributed by atoms with E-state index in [1.54, 1.807) is 25.3 Å². The summed E-state index contributed by atoms with van der Waals surface area (Å²) in [6, 6.07) is 9.19. The normalized spacial score (nSPS) is 10.5. The summed E-state index contributed by atoms with van der Waals surface area (Å²) in [5.41, 5.74) is 2.94. The first-order chi connectivity index (χ1) is 12.9. The summed E-state index contributed by atoms with van der Waals surface area (Å²) < 4.78 is 24.8. The fourth-order valence-electron chi connectivity index (χ4n) is 2.13. The average Bonchev–Trinajstić information content (AvgIpc) is 2.63. The van der Waals surface area contributed by atoms with Gasteiger partial charge in [0.15, 0.2) is 11.5 Å². The zero-order valence-electron chi connectivity index (χ0n) is 14.6. The highest BCUT2D eigenvalue weighted by Gasteiger charge is 2.12. The Morgan fingerprint density at radius 1 is 1.19 bits per heavy atom. The van der Waals surface area contributed by atoms with Crippen LogP contribution in [-0.4, -0.2) is 32.2 Å². The van der Waals surface area contributed by atoms with Gasteiger partial charge in [-0.2, -0.15) is 5.10 Å². The van der Waals surface area contributed by atoms with Crippen molar-refractivity contribution in [1.82, 2.24) is 5.43 Å². The highest BCUT2D eigenvalue weighted by molar-refractivity contribution is 14.1. The molecule has 2 aromatic rings. The van der Waals surface area contributed by atoms with Gasteiger partial charge in [0.2, 0.25) is 11.8 Å². The zero-order valence-corrected chi connectivity index (χ0v) is 16.7. The molecular formula is C18H17FIN3O4. The number of hydrogen-bond donors (Lipinski definition) is 2. The number of nitrogens with one attached hydrogen (secondary N) is 2. The Hall–Kier alpha value is -2.69. The van der Waals surface area contributed by atoms with Gasteiger partial charge >= 0.3 is 0 Å². The molecule has 2 rings (SSSR count). The fourth-order valence-corrected chi connectivity index (χ4v) is 2.98. The lowest BCUT2D eigenvalue weighted by molar-refractivity contribution is -0.126. The number of carbonyl (C=O) groups is 2. The Kier molecular flexibility index (Phi) is 7.53. The summed E-state index contributed by atoms with van der Waals surface area (Å²) >= 11 is 2.09. The van der Waals surface area contributed by atoms with Gasteiger partial charge in [0.1, 0.15) is 12.2 Å². The number of hydrazone groups is 1. The topological polar surface area (TPSA) is 89.0 Å². The molecule has 27 heavy (non-hydrogen) atoms. The Balaban J connectivity index is 1.92. The van der Waals surface area contributed by atoms with Crippen LogP contribution in [0.2, 0.25) is 0 Å². The summed E-state index contributed by atoms with van der Waals surface area (Å²) in [6.07, 6.45) is 0.923. The van der Waals surface area contributed by atoms with Gasteiger partial charge in [0.25, 0.3) is 0 Å². The van der Waals surface area contributed by atoms with Crippen LogP contribution in [0.1, 0.15) is 12.0 Å². The minimum atomic E-state index is -0.645. The van der Waals surface area contributed by atoms with E-state index in [-0.39, 0.29) is 5.69 Å². The van der Waals surface area contributed by atoms with E-state index in [4.69, 9.17) is 9.47 Å². The quantitative estimate of drug-likeness (QED) is 0.273. The van der Waals surface area contributed by atoms with E-state index >= 15 is 0 Å². The summed E-state index contributed by atoms with van der Waals surface area (Å²) in [4.78, 5) is 23.6. The highest BCUT2D eigenvalue weighted by atomic mass is 127. The van der Waals surface area contributed by atoms with Crippen LogP contribution in [0.25, 0.3) is 0 Å². The first-order valence-electron chi connectivity index (χ1n) is 7.72. The Labute approximate surface area is 169 Å². The predicted molar refractivity (Wildman–Crippen MR) is 108 cm³/mol. The number of halogens is 2. The van der Waals surface area contributed by atoms with E-state index in [1.165, 1.54) is 31.5 Å². The summed E-state index contributed by atoms with van der Waals surface area (Å²) in [7, 11) is 3.06. The van der Waals surface area contributed by atoms with Gasteiger partial charge in [0.05, 0.1) is 29.7 Å². The van der Waals surface area contributed by atoms with E-state index in [1.807, 2.05) is 0 Å². The molecule has 0 atom stereocenters. The fraction of sp³-hybridized carbons (Fsp3) is 0.167. The molecule has 0 aliphatic heterocycles. The molecule has 0 aliphatic carbocycles. The van der Waals surface area contributed by atoms with Crippen LogP contribution in [0, 0.1) is 9.39 Å². The van der Waals surface area contributed by atoms with Gasteiger partial charge < -0.3 is 14.8 Å². The summed E-state index contributed by atoms with van der Waals surface area (Å²) in [5.74, 6) is -0.721. The minimum Gasteiger partial charge on any atom is -0.493 e. The molecule has 2 amide bonds. The van der Waals surface area contributed by atoms with E-state index in [2.05, 4.69) is 38.4 Å². The zero-order chi connectivity index (χ0) is 19.8. The van der Waals surface area contributed by atoms with Gasteiger partial charge in [-0.15, -0.1) is 0 Å². The molecule has 0 aliphatic rings. The second kappa shape index (κ2) is 9.86. The van der Waals surface area contributed by atoms with Crippen molar-refractivity contribution in [3.05, 3.63) is 51.3 Å². The van der Waals surface area contributed by atoms with Crippen molar-refractivity contribution in [2.75, 3.05) is 19.5 Å². The van der Waals surface area contributed by atoms with E-state index in [0.717, 1.165) is 3.57 Å². The van der Waals surface area contributed by atoms with Crippen LogP contribution >= 0.6 is 22.6 Å². The lowest BCUT2D eigenvalue weighted by Gasteiger charge is -2.10. The number of ether oxygens (including phenoxy) is 2. The smallest absolute Gasteiger partial charge is 0.249 e. The van der Waals surface area contributed by atoms with Crippen LogP contribution in [-0.2, 0) is 9.59 Å². The number of methoxy groups -OCH3 is 2. The monoisotopic (exact) mass is 485 g/mol. The van der Waals surface area contributed by atoms with Gasteiger partial charge in [-0.3, -0.25) is 9.59 Å². The van der Waals surface area contributed by atoms with Crippen LogP contribution in [0.4, 0.5) is 10.1 Å². The molecule has 0 bridgehead atoms. The maximum absolute atomic E-state index is 13.5. The molecule has 0 unspecified atom stereocenters. The van der Waals surface area contributed by atoms with Crippen molar-refractivity contribution < 1.29 is 23.5 Å². The van der Waals surface area contributed by atoms with E-state index in [0.29, 0.717) is 17.1 Å². The molecule has 0 spiro atoms. The molecule has 2 N–H and O–H groups in total. The maximum Gasteiger partial charge on any atom is 0.249 e. The minimum absolute atomic E-state index is 0.0127. The van der Waals surface area contributed by atoms with Crippen molar-refractivity contribution in [1.29, 1.82) is 0 Å². The maximum atomic E-state index is 13.5. The van der Waals surface area contributed by atoms with Crippen LogP contribution in [0.3, 0.4) is 0 Å². The number of carbonyl (C=O) groups excluding carboxylic acids is 2. The predicted octanol–water partition coefficient (Wildman–Crippen LogP) is 2.93. The molecular weight excluding hydrogens is 468 g/mol. The van der Waals surface area contributed by atoms with E-state index in [9.17, 15) is 14.0 Å². The number of hydrogen-bond acceptors (Lipinski definition) is 5. The standard InChI is InChI=1S/C18H17FIN3O4/c1-26-15-8-11(7-13(20)18(15)27-2)10-21-23-17(25)9-16(24)22-14-6-4-3-5-12(14)19/h3-8,10H,9H2,1-2H3,(H,22,24)(H,23,25). The lowest BCUT2D eigenvalue weighted by atomic mass is 10.2. The largest absolute Gasteiger partial charge is 0.493 e. The number of para-hydroxylation sites is 1. The lowest BCUT2D eigenvalue weighted by Crippen LogP contribution is -2.24. The summed E-state index contributed by atoms with van der Waals surface area (Å²) in [6.45, 7) is 0. The Morgan fingerprint density at radius 3 is 2.59 bits per heavy atom. The molecule has 0 saturated carbocycles. The number of amides is 2. The van der Waals surface area contributed by atoms with Crippen molar-refractivity contribution in [3.63, 3.8) is 0 Å². The van der Waals surface area contributed by atoms with Gasteiger partial charge in [0, 0.05) is 0 Å². The molecule has 0 radical (unpaired) electrons. The third-order valence-corrected chi connectivity index (χ3v) is 4.13. The van der Waals surface area contributed by atoms with E-state index < -0.39 is 24.1 Å². The Morgan fingerprint density at radius 2 is 1.93 bits per heavy atom. The molecule has 142 valence electrons. The second-order valence-electron chi connectivity index (χ2n) is 5.24. The van der Waals surface area contributed by atoms with Gasteiger partial charge in [-0.1, -0.05) is 12.1 Å². The molecule has 0 aromatic heterocycles. The second-order valence-corrected chi connectivity index (χ2v) is 6.40. The molecule has 0 saturated heterocycles. The van der Waals surface area contributed by atoms with Crippen LogP contribution in [0.15, 0.2) is 41.5 Å². The molecule has 7 nitrogen and oxygen atoms in total. The first-order valence-corrected chi connectivity index (χ1v) is 8.80. The van der Waals surface area contributed by atoms with Crippen LogP contribution < -0.4 is 20.2 Å². The number of rotatable bonds is 7. The summed E-state index contributed by atoms with van der Waals surface area (Å²) in [5, 5.41) is 6.14. The van der Waals surface area contributed by atoms with Gasteiger partial charge in [-0.25, -0.2) is 9.82 Å². The highest BCUT2D eigenvalue weighted by Crippen LogP contribution is 2.32. The van der Waals surface area contributed by atoms with Gasteiger partial charge in [-0.05, 0) is 52.4 Å². The first kappa shape index (κ1) is 20.6. The average molecular weight is 485 g/mol. The molecule has 9 heteroatoms. The third kappa shape index (κ3) is 5.91. The SMILES string of the molecule is COc1cc(C=NNC(=O)CC(=O)Nc2ccccc2F)cc(I)c1OC. The Bertz CT molecular complexity index is 874. The van der Waals surface area contributed by atoms with Crippen LogP contribution in [0.5, 0.6) is 11.5 Å².